The van der Waals surface area contributed by atoms with Crippen molar-refractivity contribution in [3.8, 4) is 0 Å². The average Bonchev–Trinajstić information content (AvgIpc) is 2.77. The quantitative estimate of drug-likeness (QED) is 0.415. The number of carbonyl (C=O) groups is 3. The van der Waals surface area contributed by atoms with E-state index in [1.165, 1.54) is 12.1 Å². The molecule has 0 amide bonds. The molecule has 2 atom stereocenters. The lowest BCUT2D eigenvalue weighted by Crippen LogP contribution is -2.39. The van der Waals surface area contributed by atoms with Gasteiger partial charge in [-0.1, -0.05) is 77.1 Å². The van der Waals surface area contributed by atoms with E-state index in [1.54, 1.807) is 12.1 Å². The Balaban J connectivity index is 2.35. The molecule has 2 rings (SSSR count). The third-order valence-corrected chi connectivity index (χ3v) is 5.60. The first-order valence-electron chi connectivity index (χ1n) is 11.3. The molecule has 0 spiro atoms. The Hall–Kier alpha value is -3.15. The first-order chi connectivity index (χ1) is 15.6. The molecule has 0 radical (unpaired) electrons. The van der Waals surface area contributed by atoms with Crippen molar-refractivity contribution in [3.63, 3.8) is 0 Å². The summed E-state index contributed by atoms with van der Waals surface area (Å²) in [6.07, 6.45) is 0.411. The van der Waals surface area contributed by atoms with Crippen molar-refractivity contribution in [2.75, 3.05) is 0 Å². The molecule has 2 unspecified atom stereocenters. The maximum Gasteiger partial charge on any atom is 0.339 e. The second-order valence-electron chi connectivity index (χ2n) is 9.25. The van der Waals surface area contributed by atoms with Crippen molar-refractivity contribution >= 4 is 17.9 Å². The van der Waals surface area contributed by atoms with Gasteiger partial charge in [0.1, 0.15) is 12.2 Å². The van der Waals surface area contributed by atoms with Crippen molar-refractivity contribution in [2.24, 2.45) is 11.3 Å². The fourth-order valence-corrected chi connectivity index (χ4v) is 4.13. The van der Waals surface area contributed by atoms with Gasteiger partial charge in [0, 0.05) is 11.8 Å². The van der Waals surface area contributed by atoms with E-state index in [-0.39, 0.29) is 29.1 Å². The van der Waals surface area contributed by atoms with Gasteiger partial charge in [-0.15, -0.1) is 0 Å². The van der Waals surface area contributed by atoms with Crippen LogP contribution in [0.4, 0.5) is 0 Å². The molecular formula is C27H34O6. The van der Waals surface area contributed by atoms with E-state index in [0.717, 1.165) is 5.56 Å². The number of carboxylic acid groups (broad SMARTS) is 1. The number of esters is 2. The van der Waals surface area contributed by atoms with E-state index in [0.29, 0.717) is 19.3 Å². The third kappa shape index (κ3) is 7.17. The van der Waals surface area contributed by atoms with E-state index in [9.17, 15) is 19.5 Å². The zero-order valence-corrected chi connectivity index (χ0v) is 20.0. The van der Waals surface area contributed by atoms with Gasteiger partial charge in [-0.2, -0.15) is 0 Å². The summed E-state index contributed by atoms with van der Waals surface area (Å²) in [4.78, 5) is 36.9. The molecule has 6 nitrogen and oxygen atoms in total. The van der Waals surface area contributed by atoms with E-state index in [4.69, 9.17) is 9.47 Å². The number of benzene rings is 2. The Bertz CT molecular complexity index is 948. The van der Waals surface area contributed by atoms with Crippen LogP contribution in [-0.2, 0) is 14.3 Å². The van der Waals surface area contributed by atoms with Gasteiger partial charge < -0.3 is 14.6 Å². The maximum absolute atomic E-state index is 13.0. The van der Waals surface area contributed by atoms with Gasteiger partial charge in [0.25, 0.3) is 0 Å². The third-order valence-electron chi connectivity index (χ3n) is 5.60. The molecule has 0 aliphatic heterocycles. The van der Waals surface area contributed by atoms with Gasteiger partial charge in [0.05, 0.1) is 11.1 Å². The van der Waals surface area contributed by atoms with Crippen LogP contribution in [0.5, 0.6) is 0 Å². The Morgan fingerprint density at radius 3 is 2.03 bits per heavy atom. The number of hydrogen-bond acceptors (Lipinski definition) is 5. The summed E-state index contributed by atoms with van der Waals surface area (Å²) in [5.41, 5.74) is 0.153. The van der Waals surface area contributed by atoms with Crippen LogP contribution in [0.25, 0.3) is 0 Å². The molecule has 0 aromatic heterocycles. The highest BCUT2D eigenvalue weighted by atomic mass is 16.6. The minimum Gasteiger partial charge on any atom is -0.478 e. The van der Waals surface area contributed by atoms with Gasteiger partial charge in [-0.25, -0.2) is 9.59 Å². The summed E-state index contributed by atoms with van der Waals surface area (Å²) in [7, 11) is 0. The largest absolute Gasteiger partial charge is 0.478 e. The lowest BCUT2D eigenvalue weighted by Gasteiger charge is -2.38. The standard InChI is InChI=1S/C27H34O6/c1-6-12-23(28)33-24(18(2)3)27(4,5)17-22(19-13-8-7-9-14-19)32-26(31)21-16-11-10-15-20(21)25(29)30/h7-11,13-16,18,22,24H,6,12,17H2,1-5H3,(H,29,30). The van der Waals surface area contributed by atoms with Gasteiger partial charge in [-0.3, -0.25) is 4.79 Å². The Labute approximate surface area is 195 Å². The molecule has 0 aliphatic rings. The first kappa shape index (κ1) is 26.1. The Morgan fingerprint density at radius 1 is 0.909 bits per heavy atom. The van der Waals surface area contributed by atoms with E-state index >= 15 is 0 Å². The lowest BCUT2D eigenvalue weighted by atomic mass is 9.75. The number of carboxylic acids is 1. The maximum atomic E-state index is 13.0. The summed E-state index contributed by atoms with van der Waals surface area (Å²) in [6.45, 7) is 9.91. The van der Waals surface area contributed by atoms with Crippen molar-refractivity contribution < 1.29 is 29.0 Å². The molecule has 2 aromatic carbocycles. The predicted molar refractivity (Wildman–Crippen MR) is 126 cm³/mol. The van der Waals surface area contributed by atoms with Gasteiger partial charge in [0.2, 0.25) is 0 Å². The van der Waals surface area contributed by atoms with Crippen molar-refractivity contribution in [3.05, 3.63) is 71.3 Å². The van der Waals surface area contributed by atoms with Crippen LogP contribution < -0.4 is 0 Å². The van der Waals surface area contributed by atoms with Gasteiger partial charge in [0.15, 0.2) is 0 Å². The molecule has 178 valence electrons. The topological polar surface area (TPSA) is 89.9 Å². The molecule has 0 saturated carbocycles. The van der Waals surface area contributed by atoms with Crippen LogP contribution in [0.15, 0.2) is 54.6 Å². The van der Waals surface area contributed by atoms with Crippen LogP contribution in [-0.4, -0.2) is 29.1 Å². The summed E-state index contributed by atoms with van der Waals surface area (Å²) < 4.78 is 11.7. The minimum atomic E-state index is -1.19. The predicted octanol–water partition coefficient (Wildman–Crippen LogP) is 6.07. The Kier molecular flexibility index (Phi) is 9.21. The molecule has 0 bridgehead atoms. The van der Waals surface area contributed by atoms with Crippen molar-refractivity contribution in [2.45, 2.75) is 66.1 Å². The molecule has 6 heteroatoms. The number of aromatic carboxylic acids is 1. The smallest absolute Gasteiger partial charge is 0.339 e. The summed E-state index contributed by atoms with van der Waals surface area (Å²) in [5, 5.41) is 9.46. The van der Waals surface area contributed by atoms with Crippen LogP contribution in [0.2, 0.25) is 0 Å². The zero-order chi connectivity index (χ0) is 24.6. The normalized spacial score (nSPS) is 13.3. The fourth-order valence-electron chi connectivity index (χ4n) is 4.13. The molecule has 2 aromatic rings. The van der Waals surface area contributed by atoms with Crippen molar-refractivity contribution in [1.82, 2.24) is 0 Å². The van der Waals surface area contributed by atoms with Gasteiger partial charge >= 0.3 is 17.9 Å². The number of ether oxygens (including phenoxy) is 2. The number of carbonyl (C=O) groups excluding carboxylic acids is 2. The van der Waals surface area contributed by atoms with Crippen LogP contribution >= 0.6 is 0 Å². The summed E-state index contributed by atoms with van der Waals surface area (Å²) >= 11 is 0. The molecule has 0 aliphatic carbocycles. The van der Waals surface area contributed by atoms with Gasteiger partial charge in [-0.05, 0) is 36.5 Å². The number of rotatable bonds is 11. The van der Waals surface area contributed by atoms with Crippen LogP contribution in [0.3, 0.4) is 0 Å². The molecule has 0 saturated heterocycles. The summed E-state index contributed by atoms with van der Waals surface area (Å²) in [5.74, 6) is -2.09. The SMILES string of the molecule is CCCC(=O)OC(C(C)C)C(C)(C)CC(OC(=O)c1ccccc1C(=O)O)c1ccccc1. The first-order valence-corrected chi connectivity index (χ1v) is 11.3. The van der Waals surface area contributed by atoms with E-state index in [2.05, 4.69) is 0 Å². The zero-order valence-electron chi connectivity index (χ0n) is 20.0. The Morgan fingerprint density at radius 2 is 1.48 bits per heavy atom. The molecule has 1 N–H and O–H groups in total. The lowest BCUT2D eigenvalue weighted by molar-refractivity contribution is -0.160. The van der Waals surface area contributed by atoms with Crippen LogP contribution in [0.1, 0.15) is 86.3 Å². The molecule has 0 heterocycles. The average molecular weight is 455 g/mol. The summed E-state index contributed by atoms with van der Waals surface area (Å²) in [6, 6.07) is 15.3. The molecule has 33 heavy (non-hydrogen) atoms. The molecular weight excluding hydrogens is 420 g/mol. The highest BCUT2D eigenvalue weighted by molar-refractivity contribution is 6.02. The highest BCUT2D eigenvalue weighted by Gasteiger charge is 2.38. The minimum absolute atomic E-state index is 0.00137. The van der Waals surface area contributed by atoms with E-state index in [1.807, 2.05) is 65.0 Å². The van der Waals surface area contributed by atoms with E-state index < -0.39 is 23.5 Å². The fraction of sp³-hybridized carbons (Fsp3) is 0.444. The second kappa shape index (κ2) is 11.6. The second-order valence-corrected chi connectivity index (χ2v) is 9.25. The van der Waals surface area contributed by atoms with Crippen molar-refractivity contribution in [1.29, 1.82) is 0 Å². The number of hydrogen-bond donors (Lipinski definition) is 1. The molecule has 0 fully saturated rings. The highest BCUT2D eigenvalue weighted by Crippen LogP contribution is 2.40. The van der Waals surface area contributed by atoms with Crippen LogP contribution in [0, 0.1) is 11.3 Å². The monoisotopic (exact) mass is 454 g/mol.